The Bertz CT molecular complexity index is 637. The number of hydrogen-bond acceptors (Lipinski definition) is 3. The second kappa shape index (κ2) is 6.11. The van der Waals surface area contributed by atoms with Crippen molar-refractivity contribution in [3.8, 4) is 0 Å². The van der Waals surface area contributed by atoms with Gasteiger partial charge in [-0.05, 0) is 25.7 Å². The Hall–Kier alpha value is -2.05. The van der Waals surface area contributed by atoms with E-state index in [4.69, 9.17) is 0 Å². The molecule has 1 aliphatic carbocycles. The third-order valence-corrected chi connectivity index (χ3v) is 5.68. The molecular formula is C17H25N5O2. The van der Waals surface area contributed by atoms with E-state index in [1.165, 1.54) is 12.8 Å². The molecule has 7 nitrogen and oxygen atoms in total. The van der Waals surface area contributed by atoms with Gasteiger partial charge in [0, 0.05) is 32.3 Å². The van der Waals surface area contributed by atoms with Crippen LogP contribution in [0.1, 0.15) is 44.9 Å². The van der Waals surface area contributed by atoms with Crippen molar-refractivity contribution in [2.45, 2.75) is 63.1 Å². The third-order valence-electron chi connectivity index (χ3n) is 5.68. The molecule has 4 rings (SSSR count). The zero-order valence-corrected chi connectivity index (χ0v) is 14.1. The number of piperidine rings is 1. The quantitative estimate of drug-likeness (QED) is 0.896. The molecule has 1 N–H and O–H groups in total. The highest BCUT2D eigenvalue weighted by atomic mass is 16.2. The molecule has 0 bridgehead atoms. The number of aromatic nitrogens is 2. The van der Waals surface area contributed by atoms with E-state index in [-0.39, 0.29) is 24.0 Å². The van der Waals surface area contributed by atoms with Crippen molar-refractivity contribution in [2.24, 2.45) is 7.05 Å². The van der Waals surface area contributed by atoms with Gasteiger partial charge in [0.25, 0.3) is 0 Å². The SMILES string of the molecule is Cn1cc(N2C(=O)CC[C@@H]3[C@H]2CCN3C(=O)NC2CCCC2)cn1. The zero-order valence-electron chi connectivity index (χ0n) is 14.1. The summed E-state index contributed by atoms with van der Waals surface area (Å²) in [4.78, 5) is 29.0. The Kier molecular flexibility index (Phi) is 3.94. The van der Waals surface area contributed by atoms with E-state index >= 15 is 0 Å². The number of carbonyl (C=O) groups is 2. The molecule has 0 spiro atoms. The average molecular weight is 331 g/mol. The first kappa shape index (κ1) is 15.5. The van der Waals surface area contributed by atoms with Crippen LogP contribution < -0.4 is 10.2 Å². The lowest BCUT2D eigenvalue weighted by atomic mass is 9.96. The number of anilines is 1. The fourth-order valence-electron chi connectivity index (χ4n) is 4.51. The van der Waals surface area contributed by atoms with E-state index in [2.05, 4.69) is 10.4 Å². The first-order valence-electron chi connectivity index (χ1n) is 9.01. The van der Waals surface area contributed by atoms with Gasteiger partial charge < -0.3 is 15.1 Å². The molecule has 0 unspecified atom stereocenters. The third kappa shape index (κ3) is 2.65. The van der Waals surface area contributed by atoms with Crippen LogP contribution >= 0.6 is 0 Å². The van der Waals surface area contributed by atoms with Crippen LogP contribution in [0.25, 0.3) is 0 Å². The number of carbonyl (C=O) groups excluding carboxylic acids is 2. The van der Waals surface area contributed by atoms with Crippen molar-refractivity contribution >= 4 is 17.6 Å². The lowest BCUT2D eigenvalue weighted by Crippen LogP contribution is -2.55. The van der Waals surface area contributed by atoms with Crippen LogP contribution in [0.5, 0.6) is 0 Å². The molecule has 2 atom stereocenters. The Balaban J connectivity index is 1.49. The van der Waals surface area contributed by atoms with Gasteiger partial charge in [0.1, 0.15) is 0 Å². The van der Waals surface area contributed by atoms with Gasteiger partial charge in [0.2, 0.25) is 5.91 Å². The number of likely N-dealkylation sites (tertiary alicyclic amines) is 1. The minimum absolute atomic E-state index is 0.0508. The van der Waals surface area contributed by atoms with Crippen molar-refractivity contribution < 1.29 is 9.59 Å². The molecule has 1 aromatic heterocycles. The number of urea groups is 1. The number of amides is 3. The van der Waals surface area contributed by atoms with Crippen LogP contribution in [0.3, 0.4) is 0 Å². The molecule has 0 aromatic carbocycles. The van der Waals surface area contributed by atoms with Crippen LogP contribution in [-0.2, 0) is 11.8 Å². The van der Waals surface area contributed by atoms with E-state index in [0.29, 0.717) is 12.5 Å². The lowest BCUT2D eigenvalue weighted by molar-refractivity contribution is -0.120. The largest absolute Gasteiger partial charge is 0.335 e. The fourth-order valence-corrected chi connectivity index (χ4v) is 4.51. The van der Waals surface area contributed by atoms with Crippen LogP contribution in [0.15, 0.2) is 12.4 Å². The minimum Gasteiger partial charge on any atom is -0.335 e. The van der Waals surface area contributed by atoms with E-state index in [1.54, 1.807) is 10.9 Å². The van der Waals surface area contributed by atoms with Crippen LogP contribution in [-0.4, -0.2) is 51.3 Å². The molecule has 24 heavy (non-hydrogen) atoms. The maximum atomic E-state index is 12.7. The van der Waals surface area contributed by atoms with Crippen LogP contribution in [0, 0.1) is 0 Å². The van der Waals surface area contributed by atoms with E-state index < -0.39 is 0 Å². The molecule has 0 radical (unpaired) electrons. The molecule has 2 aliphatic heterocycles. The number of nitrogens with one attached hydrogen (secondary N) is 1. The second-order valence-electron chi connectivity index (χ2n) is 7.22. The zero-order chi connectivity index (χ0) is 16.7. The smallest absolute Gasteiger partial charge is 0.317 e. The molecule has 2 saturated heterocycles. The Morgan fingerprint density at radius 3 is 2.71 bits per heavy atom. The first-order valence-corrected chi connectivity index (χ1v) is 9.01. The molecule has 3 heterocycles. The Labute approximate surface area is 142 Å². The highest BCUT2D eigenvalue weighted by Crippen LogP contribution is 2.34. The molecule has 1 aromatic rings. The molecule has 3 amide bonds. The predicted octanol–water partition coefficient (Wildman–Crippen LogP) is 1.64. The van der Waals surface area contributed by atoms with Crippen LogP contribution in [0.2, 0.25) is 0 Å². The highest BCUT2D eigenvalue weighted by molar-refractivity contribution is 5.95. The minimum atomic E-state index is 0.0508. The Morgan fingerprint density at radius 1 is 1.21 bits per heavy atom. The maximum Gasteiger partial charge on any atom is 0.317 e. The molecule has 3 fully saturated rings. The molecular weight excluding hydrogens is 306 g/mol. The van der Waals surface area contributed by atoms with Gasteiger partial charge >= 0.3 is 6.03 Å². The second-order valence-corrected chi connectivity index (χ2v) is 7.22. The van der Waals surface area contributed by atoms with Gasteiger partial charge in [-0.3, -0.25) is 9.48 Å². The van der Waals surface area contributed by atoms with E-state index in [0.717, 1.165) is 37.9 Å². The van der Waals surface area contributed by atoms with Gasteiger partial charge in [-0.15, -0.1) is 0 Å². The number of rotatable bonds is 2. The molecule has 1 saturated carbocycles. The molecule has 130 valence electrons. The van der Waals surface area contributed by atoms with Gasteiger partial charge in [-0.1, -0.05) is 12.8 Å². The van der Waals surface area contributed by atoms with Gasteiger partial charge in [-0.25, -0.2) is 4.79 Å². The Morgan fingerprint density at radius 2 is 2.00 bits per heavy atom. The predicted molar refractivity (Wildman–Crippen MR) is 89.6 cm³/mol. The molecule has 3 aliphatic rings. The summed E-state index contributed by atoms with van der Waals surface area (Å²) in [5.74, 6) is 0.141. The normalized spacial score (nSPS) is 27.6. The number of hydrogen-bond donors (Lipinski definition) is 1. The average Bonchev–Trinajstić information content (AvgIpc) is 3.27. The summed E-state index contributed by atoms with van der Waals surface area (Å²) in [7, 11) is 1.85. The summed E-state index contributed by atoms with van der Waals surface area (Å²) in [5, 5.41) is 7.38. The number of fused-ring (bicyclic) bond motifs is 1. The van der Waals surface area contributed by atoms with Crippen molar-refractivity contribution in [3.05, 3.63) is 12.4 Å². The summed E-state index contributed by atoms with van der Waals surface area (Å²) in [6.07, 6.45) is 10.3. The van der Waals surface area contributed by atoms with E-state index in [9.17, 15) is 9.59 Å². The standard InChI is InChI=1S/C17H25N5O2/c1-20-11-13(10-18-20)22-15-8-9-21(14(15)6-7-16(22)23)17(24)19-12-4-2-3-5-12/h10-12,14-15H,2-9H2,1H3,(H,19,24)/t14-,15-/m1/s1. The van der Waals surface area contributed by atoms with Crippen molar-refractivity contribution in [3.63, 3.8) is 0 Å². The van der Waals surface area contributed by atoms with Crippen molar-refractivity contribution in [1.82, 2.24) is 20.0 Å². The highest BCUT2D eigenvalue weighted by Gasteiger charge is 2.46. The fraction of sp³-hybridized carbons (Fsp3) is 0.706. The maximum absolute atomic E-state index is 12.7. The van der Waals surface area contributed by atoms with E-state index in [1.807, 2.05) is 23.0 Å². The summed E-state index contributed by atoms with van der Waals surface area (Å²) < 4.78 is 1.71. The molecule has 7 heteroatoms. The van der Waals surface area contributed by atoms with Crippen LogP contribution in [0.4, 0.5) is 10.5 Å². The topological polar surface area (TPSA) is 70.5 Å². The summed E-state index contributed by atoms with van der Waals surface area (Å²) in [6, 6.07) is 0.570. The summed E-state index contributed by atoms with van der Waals surface area (Å²) in [5.41, 5.74) is 0.843. The van der Waals surface area contributed by atoms with Gasteiger partial charge in [0.05, 0.1) is 24.0 Å². The summed E-state index contributed by atoms with van der Waals surface area (Å²) >= 11 is 0. The van der Waals surface area contributed by atoms with Gasteiger partial charge in [0.15, 0.2) is 0 Å². The van der Waals surface area contributed by atoms with Crippen molar-refractivity contribution in [2.75, 3.05) is 11.4 Å². The van der Waals surface area contributed by atoms with Gasteiger partial charge in [-0.2, -0.15) is 5.10 Å². The number of nitrogens with zero attached hydrogens (tertiary/aromatic N) is 4. The monoisotopic (exact) mass is 331 g/mol. The summed E-state index contributed by atoms with van der Waals surface area (Å²) in [6.45, 7) is 0.720. The first-order chi connectivity index (χ1) is 11.6. The number of aryl methyl sites for hydroxylation is 1. The van der Waals surface area contributed by atoms with Crippen molar-refractivity contribution in [1.29, 1.82) is 0 Å². The lowest BCUT2D eigenvalue weighted by Gasteiger charge is -2.39.